The zero-order valence-electron chi connectivity index (χ0n) is 15.1. The molecule has 0 bridgehead atoms. The Morgan fingerprint density at radius 3 is 1.89 bits per heavy atom. The van der Waals surface area contributed by atoms with Crippen LogP contribution in [0.3, 0.4) is 0 Å². The average Bonchev–Trinajstić information content (AvgIpc) is 2.75. The SMILES string of the molecule is c1ccc(-c2ccc(Cc3ccc4c(ccc5ccccc54)c3)cc2)cc1. The standard InChI is InChI=1S/C27H20/c1-2-6-22(7-3-1)23-13-10-20(11-14-23)18-21-12-17-27-25(19-21)16-15-24-8-4-5-9-26(24)27/h1-17,19H,18H2. The van der Waals surface area contributed by atoms with E-state index in [1.54, 1.807) is 0 Å². The summed E-state index contributed by atoms with van der Waals surface area (Å²) in [5.41, 5.74) is 5.23. The summed E-state index contributed by atoms with van der Waals surface area (Å²) in [4.78, 5) is 0. The van der Waals surface area contributed by atoms with Gasteiger partial charge in [0.2, 0.25) is 0 Å². The molecule has 0 aromatic heterocycles. The highest BCUT2D eigenvalue weighted by atomic mass is 14.1. The molecule has 0 aliphatic rings. The molecule has 0 unspecified atom stereocenters. The van der Waals surface area contributed by atoms with E-state index in [4.69, 9.17) is 0 Å². The largest absolute Gasteiger partial charge is 0.0622 e. The van der Waals surface area contributed by atoms with Crippen LogP contribution in [0, 0.1) is 0 Å². The minimum absolute atomic E-state index is 0.956. The van der Waals surface area contributed by atoms with Crippen LogP contribution in [0.25, 0.3) is 32.7 Å². The van der Waals surface area contributed by atoms with Gasteiger partial charge in [-0.3, -0.25) is 0 Å². The molecule has 0 saturated carbocycles. The third kappa shape index (κ3) is 3.11. The first-order chi connectivity index (χ1) is 13.4. The van der Waals surface area contributed by atoms with Gasteiger partial charge in [0.05, 0.1) is 0 Å². The Hall–Kier alpha value is -3.38. The third-order valence-corrected chi connectivity index (χ3v) is 5.28. The minimum atomic E-state index is 0.956. The molecular weight excluding hydrogens is 324 g/mol. The van der Waals surface area contributed by atoms with Gasteiger partial charge in [-0.1, -0.05) is 109 Å². The lowest BCUT2D eigenvalue weighted by atomic mass is 9.96. The molecule has 0 fully saturated rings. The van der Waals surface area contributed by atoms with Gasteiger partial charge < -0.3 is 0 Å². The molecule has 0 radical (unpaired) electrons. The van der Waals surface area contributed by atoms with Crippen molar-refractivity contribution in [2.24, 2.45) is 0 Å². The van der Waals surface area contributed by atoms with Crippen molar-refractivity contribution >= 4 is 21.5 Å². The summed E-state index contributed by atoms with van der Waals surface area (Å²) in [6.07, 6.45) is 0.956. The van der Waals surface area contributed by atoms with Gasteiger partial charge >= 0.3 is 0 Å². The maximum absolute atomic E-state index is 2.33. The van der Waals surface area contributed by atoms with E-state index < -0.39 is 0 Å². The second kappa shape index (κ2) is 6.74. The van der Waals surface area contributed by atoms with Crippen molar-refractivity contribution in [2.75, 3.05) is 0 Å². The lowest BCUT2D eigenvalue weighted by molar-refractivity contribution is 1.20. The van der Waals surface area contributed by atoms with Gasteiger partial charge in [0.25, 0.3) is 0 Å². The van der Waals surface area contributed by atoms with E-state index in [1.165, 1.54) is 43.8 Å². The highest BCUT2D eigenvalue weighted by molar-refractivity contribution is 6.07. The summed E-state index contributed by atoms with van der Waals surface area (Å²) >= 11 is 0. The molecule has 0 heterocycles. The van der Waals surface area contributed by atoms with Crippen LogP contribution in [-0.4, -0.2) is 0 Å². The third-order valence-electron chi connectivity index (χ3n) is 5.28. The molecule has 0 spiro atoms. The monoisotopic (exact) mass is 344 g/mol. The molecule has 0 heteroatoms. The van der Waals surface area contributed by atoms with Crippen LogP contribution in [0.4, 0.5) is 0 Å². The summed E-state index contributed by atoms with van der Waals surface area (Å²) in [6, 6.07) is 39.4. The van der Waals surface area contributed by atoms with Gasteiger partial charge in [0.1, 0.15) is 0 Å². The fourth-order valence-corrected chi connectivity index (χ4v) is 3.85. The van der Waals surface area contributed by atoms with E-state index in [2.05, 4.69) is 109 Å². The van der Waals surface area contributed by atoms with Crippen molar-refractivity contribution in [2.45, 2.75) is 6.42 Å². The predicted molar refractivity (Wildman–Crippen MR) is 116 cm³/mol. The van der Waals surface area contributed by atoms with E-state index in [9.17, 15) is 0 Å². The van der Waals surface area contributed by atoms with E-state index in [0.717, 1.165) is 6.42 Å². The van der Waals surface area contributed by atoms with Gasteiger partial charge in [-0.25, -0.2) is 0 Å². The molecule has 5 aromatic rings. The first-order valence-corrected chi connectivity index (χ1v) is 9.42. The zero-order valence-corrected chi connectivity index (χ0v) is 15.1. The smallest absolute Gasteiger partial charge is 0.00255 e. The molecule has 27 heavy (non-hydrogen) atoms. The summed E-state index contributed by atoms with van der Waals surface area (Å²) in [6.45, 7) is 0. The van der Waals surface area contributed by atoms with E-state index >= 15 is 0 Å². The Balaban J connectivity index is 1.45. The second-order valence-electron chi connectivity index (χ2n) is 7.08. The molecule has 5 aromatic carbocycles. The van der Waals surface area contributed by atoms with Crippen LogP contribution in [0.2, 0.25) is 0 Å². The number of benzene rings is 5. The van der Waals surface area contributed by atoms with Crippen molar-refractivity contribution < 1.29 is 0 Å². The van der Waals surface area contributed by atoms with Crippen LogP contribution in [0.1, 0.15) is 11.1 Å². The van der Waals surface area contributed by atoms with E-state index in [-0.39, 0.29) is 0 Å². The summed E-state index contributed by atoms with van der Waals surface area (Å²) in [5, 5.41) is 5.27. The van der Waals surface area contributed by atoms with Crippen molar-refractivity contribution in [3.8, 4) is 11.1 Å². The Morgan fingerprint density at radius 2 is 1.04 bits per heavy atom. The normalized spacial score (nSPS) is 11.1. The maximum atomic E-state index is 2.33. The molecule has 0 atom stereocenters. The molecule has 0 saturated heterocycles. The highest BCUT2D eigenvalue weighted by Crippen LogP contribution is 2.27. The summed E-state index contributed by atoms with van der Waals surface area (Å²) in [7, 11) is 0. The molecular formula is C27H20. The predicted octanol–water partition coefficient (Wildman–Crippen LogP) is 7.25. The summed E-state index contributed by atoms with van der Waals surface area (Å²) < 4.78 is 0. The fraction of sp³-hybridized carbons (Fsp3) is 0.0370. The first-order valence-electron chi connectivity index (χ1n) is 9.42. The fourth-order valence-electron chi connectivity index (χ4n) is 3.85. The van der Waals surface area contributed by atoms with Crippen LogP contribution < -0.4 is 0 Å². The van der Waals surface area contributed by atoms with Gasteiger partial charge in [-0.2, -0.15) is 0 Å². The number of hydrogen-bond acceptors (Lipinski definition) is 0. The zero-order chi connectivity index (χ0) is 18.1. The van der Waals surface area contributed by atoms with Gasteiger partial charge in [-0.15, -0.1) is 0 Å². The molecule has 0 amide bonds. The van der Waals surface area contributed by atoms with Crippen molar-refractivity contribution in [3.05, 3.63) is 120 Å². The Bertz CT molecular complexity index is 1220. The topological polar surface area (TPSA) is 0 Å². The van der Waals surface area contributed by atoms with Crippen LogP contribution in [0.15, 0.2) is 109 Å². The van der Waals surface area contributed by atoms with E-state index in [0.29, 0.717) is 0 Å². The van der Waals surface area contributed by atoms with Crippen LogP contribution >= 0.6 is 0 Å². The maximum Gasteiger partial charge on any atom is -0.00255 e. The van der Waals surface area contributed by atoms with Gasteiger partial charge in [-0.05, 0) is 50.2 Å². The van der Waals surface area contributed by atoms with Gasteiger partial charge in [0, 0.05) is 0 Å². The Morgan fingerprint density at radius 1 is 0.407 bits per heavy atom. The molecule has 0 aliphatic carbocycles. The van der Waals surface area contributed by atoms with E-state index in [1.807, 2.05) is 0 Å². The Labute approximate surface area is 159 Å². The molecule has 128 valence electrons. The highest BCUT2D eigenvalue weighted by Gasteiger charge is 2.03. The molecule has 0 N–H and O–H groups in total. The minimum Gasteiger partial charge on any atom is -0.0622 e. The van der Waals surface area contributed by atoms with Crippen molar-refractivity contribution in [3.63, 3.8) is 0 Å². The molecule has 5 rings (SSSR count). The average molecular weight is 344 g/mol. The first kappa shape index (κ1) is 15.8. The quantitative estimate of drug-likeness (QED) is 0.302. The lowest BCUT2D eigenvalue weighted by Gasteiger charge is -2.08. The molecule has 0 nitrogen and oxygen atoms in total. The molecule has 0 aliphatic heterocycles. The van der Waals surface area contributed by atoms with Crippen molar-refractivity contribution in [1.82, 2.24) is 0 Å². The van der Waals surface area contributed by atoms with Crippen LogP contribution in [-0.2, 0) is 6.42 Å². The van der Waals surface area contributed by atoms with Crippen LogP contribution in [0.5, 0.6) is 0 Å². The number of fused-ring (bicyclic) bond motifs is 3. The van der Waals surface area contributed by atoms with Crippen molar-refractivity contribution in [1.29, 1.82) is 0 Å². The van der Waals surface area contributed by atoms with Gasteiger partial charge in [0.15, 0.2) is 0 Å². The number of hydrogen-bond donors (Lipinski definition) is 0. The Kier molecular flexibility index (Phi) is 3.95. The summed E-state index contributed by atoms with van der Waals surface area (Å²) in [5.74, 6) is 0. The lowest BCUT2D eigenvalue weighted by Crippen LogP contribution is -1.89. The second-order valence-corrected chi connectivity index (χ2v) is 7.08. The number of rotatable bonds is 3.